The van der Waals surface area contributed by atoms with Gasteiger partial charge in [0.25, 0.3) is 0 Å². The Morgan fingerprint density at radius 1 is 1.12 bits per heavy atom. The van der Waals surface area contributed by atoms with E-state index in [0.717, 1.165) is 12.8 Å². The summed E-state index contributed by atoms with van der Waals surface area (Å²) in [5.74, 6) is 0.379. The number of hydrogen-bond acceptors (Lipinski definition) is 4. The molecule has 3 aromatic rings. The van der Waals surface area contributed by atoms with E-state index in [1.807, 2.05) is 0 Å². The predicted octanol–water partition coefficient (Wildman–Crippen LogP) is 4.83. The lowest BCUT2D eigenvalue weighted by Gasteiger charge is -2.16. The van der Waals surface area contributed by atoms with E-state index >= 15 is 0 Å². The molecule has 1 N–H and O–H groups in total. The molecule has 5 nitrogen and oxygen atoms in total. The second-order valence-electron chi connectivity index (χ2n) is 6.08. The molecule has 1 aromatic heterocycles. The van der Waals surface area contributed by atoms with Gasteiger partial charge in [-0.15, -0.1) is 10.2 Å². The first kappa shape index (κ1) is 17.0. The molecule has 132 valence electrons. The molecule has 1 saturated carbocycles. The summed E-state index contributed by atoms with van der Waals surface area (Å²) in [6.07, 6.45) is 2.08. The lowest BCUT2D eigenvalue weighted by molar-refractivity contribution is -0.105. The van der Waals surface area contributed by atoms with E-state index in [2.05, 4.69) is 15.5 Å². The van der Waals surface area contributed by atoms with Gasteiger partial charge in [-0.3, -0.25) is 4.79 Å². The zero-order valence-electron chi connectivity index (χ0n) is 13.3. The fourth-order valence-electron chi connectivity index (χ4n) is 3.00. The Morgan fingerprint density at radius 2 is 1.77 bits per heavy atom. The molecule has 2 aromatic carbocycles. The minimum absolute atomic E-state index is 0.303. The van der Waals surface area contributed by atoms with Crippen LogP contribution in [0.2, 0.25) is 10.0 Å². The lowest BCUT2D eigenvalue weighted by Crippen LogP contribution is -2.11. The molecule has 0 aliphatic heterocycles. The van der Waals surface area contributed by atoms with Crippen LogP contribution in [0.4, 0.5) is 10.1 Å². The lowest BCUT2D eigenvalue weighted by atomic mass is 9.95. The van der Waals surface area contributed by atoms with E-state index in [4.69, 9.17) is 27.6 Å². The molecule has 4 rings (SSSR count). The maximum Gasteiger partial charge on any atom is 0.247 e. The van der Waals surface area contributed by atoms with Crippen LogP contribution in [0.5, 0.6) is 0 Å². The van der Waals surface area contributed by atoms with Crippen LogP contribution >= 0.6 is 23.2 Å². The number of hydrogen-bond donors (Lipinski definition) is 1. The number of carbonyl (C=O) groups is 1. The molecule has 0 saturated heterocycles. The van der Waals surface area contributed by atoms with E-state index in [0.29, 0.717) is 45.1 Å². The van der Waals surface area contributed by atoms with Gasteiger partial charge in [0.05, 0.1) is 5.41 Å². The molecular formula is C18H12Cl2FN3O2. The van der Waals surface area contributed by atoms with Crippen LogP contribution in [0.25, 0.3) is 11.5 Å². The second-order valence-corrected chi connectivity index (χ2v) is 6.89. The Hall–Kier alpha value is -2.44. The van der Waals surface area contributed by atoms with Crippen molar-refractivity contribution in [2.24, 2.45) is 0 Å². The molecule has 0 radical (unpaired) electrons. The minimum Gasteiger partial charge on any atom is -0.420 e. The molecule has 1 aliphatic rings. The Balaban J connectivity index is 1.72. The molecule has 0 bridgehead atoms. The highest BCUT2D eigenvalue weighted by Crippen LogP contribution is 2.57. The first-order valence-corrected chi connectivity index (χ1v) is 8.59. The van der Waals surface area contributed by atoms with Crippen LogP contribution < -0.4 is 5.32 Å². The van der Waals surface area contributed by atoms with E-state index in [1.54, 1.807) is 24.3 Å². The molecule has 1 amide bonds. The summed E-state index contributed by atoms with van der Waals surface area (Å²) in [6, 6.07) is 9.08. The number of nitrogens with one attached hydrogen (secondary N) is 1. The molecule has 0 atom stereocenters. The molecule has 26 heavy (non-hydrogen) atoms. The molecule has 1 aliphatic carbocycles. The van der Waals surface area contributed by atoms with Gasteiger partial charge in [-0.1, -0.05) is 23.2 Å². The third-order valence-electron chi connectivity index (χ3n) is 4.42. The molecule has 1 fully saturated rings. The average molecular weight is 392 g/mol. The number of anilines is 1. The quantitative estimate of drug-likeness (QED) is 0.632. The number of carbonyl (C=O) groups excluding carboxylic acids is 1. The largest absolute Gasteiger partial charge is 0.420 e. The highest BCUT2D eigenvalue weighted by molar-refractivity contribution is 6.37. The van der Waals surface area contributed by atoms with Gasteiger partial charge < -0.3 is 9.73 Å². The summed E-state index contributed by atoms with van der Waals surface area (Å²) in [6.45, 7) is 0. The normalized spacial score (nSPS) is 14.9. The van der Waals surface area contributed by atoms with E-state index in [1.165, 1.54) is 12.1 Å². The SMILES string of the molecule is O=CNc1cc(Cl)c(C2(c3nnc(-c4ccc(F)cc4)o3)CC2)c(Cl)c1. The summed E-state index contributed by atoms with van der Waals surface area (Å²) in [5, 5.41) is 11.6. The van der Waals surface area contributed by atoms with Gasteiger partial charge in [-0.2, -0.15) is 0 Å². The van der Waals surface area contributed by atoms with Gasteiger partial charge in [0.2, 0.25) is 18.2 Å². The molecule has 0 unspecified atom stereocenters. The van der Waals surface area contributed by atoms with Crippen molar-refractivity contribution in [2.75, 3.05) is 5.32 Å². The van der Waals surface area contributed by atoms with E-state index in [9.17, 15) is 9.18 Å². The first-order chi connectivity index (χ1) is 12.5. The maximum absolute atomic E-state index is 13.1. The van der Waals surface area contributed by atoms with E-state index in [-0.39, 0.29) is 5.82 Å². The fraction of sp³-hybridized carbons (Fsp3) is 0.167. The smallest absolute Gasteiger partial charge is 0.247 e. The zero-order chi connectivity index (χ0) is 18.3. The van der Waals surface area contributed by atoms with Crippen LogP contribution in [0.15, 0.2) is 40.8 Å². The van der Waals surface area contributed by atoms with Crippen molar-refractivity contribution in [3.8, 4) is 11.5 Å². The van der Waals surface area contributed by atoms with Crippen LogP contribution in [0, 0.1) is 5.82 Å². The van der Waals surface area contributed by atoms with Crippen LogP contribution in [-0.4, -0.2) is 16.6 Å². The fourth-order valence-corrected chi connectivity index (χ4v) is 3.85. The van der Waals surface area contributed by atoms with Gasteiger partial charge >= 0.3 is 0 Å². The van der Waals surface area contributed by atoms with Crippen LogP contribution in [0.1, 0.15) is 24.3 Å². The summed E-state index contributed by atoms with van der Waals surface area (Å²) < 4.78 is 18.9. The Bertz CT molecular complexity index is 961. The number of amides is 1. The van der Waals surface area contributed by atoms with Crippen molar-refractivity contribution in [2.45, 2.75) is 18.3 Å². The Morgan fingerprint density at radius 3 is 2.35 bits per heavy atom. The predicted molar refractivity (Wildman–Crippen MR) is 95.9 cm³/mol. The molecular weight excluding hydrogens is 380 g/mol. The van der Waals surface area contributed by atoms with Crippen molar-refractivity contribution in [1.82, 2.24) is 10.2 Å². The van der Waals surface area contributed by atoms with Crippen LogP contribution in [-0.2, 0) is 10.2 Å². The van der Waals surface area contributed by atoms with Crippen molar-refractivity contribution >= 4 is 35.3 Å². The van der Waals surface area contributed by atoms with Crippen LogP contribution in [0.3, 0.4) is 0 Å². The van der Waals surface area contributed by atoms with Gasteiger partial charge in [0.15, 0.2) is 0 Å². The summed E-state index contributed by atoms with van der Waals surface area (Å²) in [5.41, 5.74) is 1.29. The Labute approximate surface area is 158 Å². The Kier molecular flexibility index (Phi) is 4.17. The van der Waals surface area contributed by atoms with Gasteiger partial charge in [0, 0.05) is 26.9 Å². The van der Waals surface area contributed by atoms with Gasteiger partial charge in [-0.05, 0) is 49.2 Å². The maximum atomic E-state index is 13.1. The number of benzene rings is 2. The monoisotopic (exact) mass is 391 g/mol. The van der Waals surface area contributed by atoms with Crippen molar-refractivity contribution in [3.63, 3.8) is 0 Å². The summed E-state index contributed by atoms with van der Waals surface area (Å²) >= 11 is 12.8. The average Bonchev–Trinajstić information content (AvgIpc) is 3.23. The topological polar surface area (TPSA) is 68.0 Å². The third-order valence-corrected chi connectivity index (χ3v) is 5.02. The highest BCUT2D eigenvalue weighted by Gasteiger charge is 2.53. The number of aromatic nitrogens is 2. The standard InChI is InChI=1S/C18H12Cl2FN3O2/c19-13-7-12(22-9-25)8-14(20)15(13)18(5-6-18)17-24-23-16(26-17)10-1-3-11(21)4-2-10/h1-4,7-9H,5-6H2,(H,22,25). The molecule has 0 spiro atoms. The third kappa shape index (κ3) is 2.85. The number of nitrogens with zero attached hydrogens (tertiary/aromatic N) is 2. The second kappa shape index (κ2) is 6.37. The number of rotatable bonds is 5. The number of halogens is 3. The zero-order valence-corrected chi connectivity index (χ0v) is 14.8. The minimum atomic E-state index is -0.543. The molecule has 1 heterocycles. The summed E-state index contributed by atoms with van der Waals surface area (Å²) in [4.78, 5) is 10.6. The first-order valence-electron chi connectivity index (χ1n) is 7.83. The van der Waals surface area contributed by atoms with E-state index < -0.39 is 5.41 Å². The highest BCUT2D eigenvalue weighted by atomic mass is 35.5. The summed E-state index contributed by atoms with van der Waals surface area (Å²) in [7, 11) is 0. The van der Waals surface area contributed by atoms with Crippen molar-refractivity contribution in [1.29, 1.82) is 0 Å². The molecule has 8 heteroatoms. The van der Waals surface area contributed by atoms with Gasteiger partial charge in [0.1, 0.15) is 5.82 Å². The van der Waals surface area contributed by atoms with Crippen molar-refractivity contribution < 1.29 is 13.6 Å². The van der Waals surface area contributed by atoms with Crippen molar-refractivity contribution in [3.05, 3.63) is 63.7 Å². The van der Waals surface area contributed by atoms with Gasteiger partial charge in [-0.25, -0.2) is 4.39 Å².